The van der Waals surface area contributed by atoms with Gasteiger partial charge >= 0.3 is 12.1 Å². The van der Waals surface area contributed by atoms with Crippen LogP contribution in [0.5, 0.6) is 5.75 Å². The van der Waals surface area contributed by atoms with E-state index in [2.05, 4.69) is 5.16 Å². The number of halogens is 3. The number of oxime groups is 1. The number of carbonyl (C=O) groups is 1. The molecule has 0 fully saturated rings. The number of hydrogen-bond acceptors (Lipinski definition) is 5. The molecular formula is C21H22F3NO4. The number of benzene rings is 2. The van der Waals surface area contributed by atoms with Crippen LogP contribution >= 0.6 is 0 Å². The Balaban J connectivity index is 2.26. The molecule has 0 saturated carbocycles. The number of esters is 1. The number of alkyl halides is 3. The third-order valence-electron chi connectivity index (χ3n) is 3.89. The van der Waals surface area contributed by atoms with Crippen LogP contribution in [0.4, 0.5) is 13.2 Å². The van der Waals surface area contributed by atoms with Crippen molar-refractivity contribution in [3.05, 3.63) is 65.2 Å². The van der Waals surface area contributed by atoms with Gasteiger partial charge in [0.15, 0.2) is 0 Å². The van der Waals surface area contributed by atoms with E-state index in [-0.39, 0.29) is 18.1 Å². The molecule has 0 aromatic heterocycles. The van der Waals surface area contributed by atoms with Crippen molar-refractivity contribution in [2.45, 2.75) is 32.4 Å². The predicted molar refractivity (Wildman–Crippen MR) is 102 cm³/mol. The Morgan fingerprint density at radius 1 is 1.10 bits per heavy atom. The number of ether oxygens (including phenoxy) is 2. The molecule has 2 rings (SSSR count). The third kappa shape index (κ3) is 6.81. The van der Waals surface area contributed by atoms with Gasteiger partial charge in [0.2, 0.25) is 0 Å². The van der Waals surface area contributed by atoms with Gasteiger partial charge < -0.3 is 14.3 Å². The van der Waals surface area contributed by atoms with Crippen molar-refractivity contribution in [1.82, 2.24) is 0 Å². The molecule has 0 saturated heterocycles. The molecule has 0 atom stereocenters. The average molecular weight is 409 g/mol. The summed E-state index contributed by atoms with van der Waals surface area (Å²) in [4.78, 5) is 16.9. The minimum atomic E-state index is -4.50. The van der Waals surface area contributed by atoms with E-state index in [9.17, 15) is 18.0 Å². The van der Waals surface area contributed by atoms with Crippen LogP contribution in [0, 0.1) is 0 Å². The van der Waals surface area contributed by atoms with Gasteiger partial charge in [0.25, 0.3) is 5.90 Å². The van der Waals surface area contributed by atoms with Crippen molar-refractivity contribution in [2.75, 3.05) is 13.7 Å². The van der Waals surface area contributed by atoms with Gasteiger partial charge in [-0.2, -0.15) is 13.2 Å². The summed E-state index contributed by atoms with van der Waals surface area (Å²) in [5.41, 5.74) is 0.121. The molecule has 156 valence electrons. The van der Waals surface area contributed by atoms with Crippen LogP contribution in [0.3, 0.4) is 0 Å². The Kier molecular flexibility index (Phi) is 8.06. The summed E-state index contributed by atoms with van der Waals surface area (Å²) in [6, 6.07) is 11.2. The Hall–Kier alpha value is -3.03. The minimum Gasteiger partial charge on any atom is -0.465 e. The molecule has 0 amide bonds. The molecule has 29 heavy (non-hydrogen) atoms. The number of rotatable bonds is 8. The van der Waals surface area contributed by atoms with E-state index < -0.39 is 17.7 Å². The molecule has 0 aliphatic carbocycles. The van der Waals surface area contributed by atoms with Crippen LogP contribution in [0.1, 0.15) is 36.5 Å². The number of unbranched alkanes of at least 4 members (excludes halogenated alkanes) is 1. The van der Waals surface area contributed by atoms with Gasteiger partial charge in [0.05, 0.1) is 18.6 Å². The van der Waals surface area contributed by atoms with Crippen LogP contribution in [-0.2, 0) is 27.0 Å². The Labute approximate surface area is 167 Å². The molecule has 0 unspecified atom stereocenters. The van der Waals surface area contributed by atoms with E-state index in [1.165, 1.54) is 19.2 Å². The second-order valence-electron chi connectivity index (χ2n) is 6.11. The molecule has 5 nitrogen and oxygen atoms in total. The molecule has 0 bridgehead atoms. The molecule has 0 radical (unpaired) electrons. The molecule has 2 aromatic rings. The SMILES string of the molecule is CCCCOC(=O)Cc1ccccc1/C(=N/OC)Oc1cccc(C(F)(F)F)c1. The fraction of sp³-hybridized carbons (Fsp3) is 0.333. The summed E-state index contributed by atoms with van der Waals surface area (Å²) in [5, 5.41) is 3.79. The fourth-order valence-corrected chi connectivity index (χ4v) is 2.47. The zero-order valence-electron chi connectivity index (χ0n) is 16.2. The van der Waals surface area contributed by atoms with Crippen LogP contribution in [-0.4, -0.2) is 25.6 Å². The first kappa shape index (κ1) is 22.3. The molecular weight excluding hydrogens is 387 g/mol. The highest BCUT2D eigenvalue weighted by Gasteiger charge is 2.30. The summed E-state index contributed by atoms with van der Waals surface area (Å²) < 4.78 is 49.6. The highest BCUT2D eigenvalue weighted by Crippen LogP contribution is 2.31. The maximum Gasteiger partial charge on any atom is 0.416 e. The monoisotopic (exact) mass is 409 g/mol. The zero-order chi connectivity index (χ0) is 21.3. The highest BCUT2D eigenvalue weighted by molar-refractivity contribution is 5.97. The molecule has 0 spiro atoms. The fourth-order valence-electron chi connectivity index (χ4n) is 2.47. The Bertz CT molecular complexity index is 850. The van der Waals surface area contributed by atoms with E-state index in [0.29, 0.717) is 17.7 Å². The summed E-state index contributed by atoms with van der Waals surface area (Å²) >= 11 is 0. The van der Waals surface area contributed by atoms with Crippen LogP contribution in [0.2, 0.25) is 0 Å². The van der Waals surface area contributed by atoms with E-state index in [0.717, 1.165) is 25.0 Å². The molecule has 2 aromatic carbocycles. The molecule has 0 aliphatic heterocycles. The smallest absolute Gasteiger partial charge is 0.416 e. The van der Waals surface area contributed by atoms with Gasteiger partial charge in [-0.3, -0.25) is 4.79 Å². The van der Waals surface area contributed by atoms with Crippen LogP contribution < -0.4 is 4.74 Å². The Morgan fingerprint density at radius 2 is 1.86 bits per heavy atom. The van der Waals surface area contributed by atoms with Gasteiger partial charge in [-0.15, -0.1) is 0 Å². The quantitative estimate of drug-likeness (QED) is 0.203. The highest BCUT2D eigenvalue weighted by atomic mass is 19.4. The van der Waals surface area contributed by atoms with Crippen molar-refractivity contribution in [2.24, 2.45) is 5.16 Å². The standard InChI is InChI=1S/C21H22F3NO4/c1-3-4-12-28-19(26)13-15-8-5-6-11-18(15)20(25-27-2)29-17-10-7-9-16(14-17)21(22,23)24/h5-11,14H,3-4,12-13H2,1-2H3/b25-20-. The second-order valence-corrected chi connectivity index (χ2v) is 6.11. The minimum absolute atomic E-state index is 0.0332. The number of hydrogen-bond donors (Lipinski definition) is 0. The number of carbonyl (C=O) groups excluding carboxylic acids is 1. The molecule has 8 heteroatoms. The van der Waals surface area contributed by atoms with Crippen molar-refractivity contribution in [1.29, 1.82) is 0 Å². The first-order valence-corrected chi connectivity index (χ1v) is 9.05. The van der Waals surface area contributed by atoms with Crippen molar-refractivity contribution >= 4 is 11.9 Å². The average Bonchev–Trinajstić information content (AvgIpc) is 2.68. The predicted octanol–water partition coefficient (Wildman–Crippen LogP) is 4.98. The van der Waals surface area contributed by atoms with Gasteiger partial charge in [-0.1, -0.05) is 37.6 Å². The Morgan fingerprint density at radius 3 is 2.55 bits per heavy atom. The third-order valence-corrected chi connectivity index (χ3v) is 3.89. The first-order valence-electron chi connectivity index (χ1n) is 9.05. The summed E-state index contributed by atoms with van der Waals surface area (Å²) in [6.45, 7) is 2.32. The van der Waals surface area contributed by atoms with E-state index >= 15 is 0 Å². The lowest BCUT2D eigenvalue weighted by molar-refractivity contribution is -0.143. The van der Waals surface area contributed by atoms with E-state index in [4.69, 9.17) is 14.3 Å². The second kappa shape index (κ2) is 10.5. The normalized spacial score (nSPS) is 11.8. The first-order chi connectivity index (χ1) is 13.8. The lowest BCUT2D eigenvalue weighted by atomic mass is 10.0. The van der Waals surface area contributed by atoms with Gasteiger partial charge in [0, 0.05) is 5.56 Å². The zero-order valence-corrected chi connectivity index (χ0v) is 16.2. The molecule has 0 aliphatic rings. The van der Waals surface area contributed by atoms with Crippen LogP contribution in [0.15, 0.2) is 53.7 Å². The maximum atomic E-state index is 12.9. The van der Waals surface area contributed by atoms with E-state index in [1.807, 2.05) is 6.92 Å². The summed E-state index contributed by atoms with van der Waals surface area (Å²) in [7, 11) is 1.29. The van der Waals surface area contributed by atoms with Crippen molar-refractivity contribution in [3.63, 3.8) is 0 Å². The summed E-state index contributed by atoms with van der Waals surface area (Å²) in [6.07, 6.45) is -2.87. The lowest BCUT2D eigenvalue weighted by Crippen LogP contribution is -2.17. The van der Waals surface area contributed by atoms with E-state index in [1.54, 1.807) is 24.3 Å². The summed E-state index contributed by atoms with van der Waals surface area (Å²) in [5.74, 6) is -0.540. The van der Waals surface area contributed by atoms with Gasteiger partial charge in [-0.05, 0) is 41.4 Å². The molecule has 0 heterocycles. The topological polar surface area (TPSA) is 57.1 Å². The van der Waals surface area contributed by atoms with Crippen molar-refractivity contribution < 1.29 is 32.3 Å². The maximum absolute atomic E-state index is 12.9. The van der Waals surface area contributed by atoms with Gasteiger partial charge in [0.1, 0.15) is 12.9 Å². The van der Waals surface area contributed by atoms with Gasteiger partial charge in [-0.25, -0.2) is 0 Å². The van der Waals surface area contributed by atoms with Crippen molar-refractivity contribution in [3.8, 4) is 5.75 Å². The largest absolute Gasteiger partial charge is 0.465 e. The number of nitrogens with zero attached hydrogens (tertiary/aromatic N) is 1. The lowest BCUT2D eigenvalue weighted by Gasteiger charge is -2.14. The molecule has 0 N–H and O–H groups in total. The van der Waals surface area contributed by atoms with Crippen LogP contribution in [0.25, 0.3) is 0 Å².